The van der Waals surface area contributed by atoms with Gasteiger partial charge in [-0.05, 0) is 31.4 Å². The van der Waals surface area contributed by atoms with E-state index in [-0.39, 0.29) is 5.97 Å². The van der Waals surface area contributed by atoms with Crippen LogP contribution in [0.2, 0.25) is 0 Å². The summed E-state index contributed by atoms with van der Waals surface area (Å²) in [6.07, 6.45) is 4.34. The largest absolute Gasteiger partial charge is 0.465 e. The average molecular weight is 250 g/mol. The first kappa shape index (κ1) is 13.0. The van der Waals surface area contributed by atoms with Crippen LogP contribution in [0.1, 0.15) is 35.3 Å². The molecule has 2 N–H and O–H groups in total. The van der Waals surface area contributed by atoms with Gasteiger partial charge in [0.25, 0.3) is 0 Å². The molecule has 0 saturated heterocycles. The van der Waals surface area contributed by atoms with Crippen molar-refractivity contribution in [1.82, 2.24) is 10.3 Å². The smallest absolute Gasteiger partial charge is 0.339 e. The van der Waals surface area contributed by atoms with Crippen molar-refractivity contribution >= 4 is 5.97 Å². The second-order valence-corrected chi connectivity index (χ2v) is 4.71. The van der Waals surface area contributed by atoms with Crippen molar-refractivity contribution in [2.45, 2.75) is 31.4 Å². The second kappa shape index (κ2) is 5.46. The Morgan fingerprint density at radius 1 is 1.56 bits per heavy atom. The molecule has 1 saturated carbocycles. The van der Waals surface area contributed by atoms with Gasteiger partial charge in [0.2, 0.25) is 0 Å². The van der Waals surface area contributed by atoms with Gasteiger partial charge in [-0.3, -0.25) is 4.98 Å². The number of methoxy groups -OCH3 is 1. The van der Waals surface area contributed by atoms with Gasteiger partial charge in [0.1, 0.15) is 0 Å². The number of hydrogen-bond acceptors (Lipinski definition) is 5. The number of rotatable bonds is 5. The third-order valence-corrected chi connectivity index (χ3v) is 3.29. The monoisotopic (exact) mass is 250 g/mol. The SMILES string of the molecule is COC(=O)c1ccc(CNCC2(O)CCC2)nc1. The zero-order chi connectivity index (χ0) is 13.0. The minimum Gasteiger partial charge on any atom is -0.465 e. The summed E-state index contributed by atoms with van der Waals surface area (Å²) in [5, 5.41) is 13.1. The van der Waals surface area contributed by atoms with Crippen LogP contribution in [0.15, 0.2) is 18.3 Å². The van der Waals surface area contributed by atoms with Gasteiger partial charge in [0, 0.05) is 19.3 Å². The van der Waals surface area contributed by atoms with Crippen LogP contribution >= 0.6 is 0 Å². The van der Waals surface area contributed by atoms with Crippen LogP contribution in [0.5, 0.6) is 0 Å². The van der Waals surface area contributed by atoms with E-state index >= 15 is 0 Å². The summed E-state index contributed by atoms with van der Waals surface area (Å²) in [4.78, 5) is 15.4. The number of esters is 1. The molecule has 1 aliphatic carbocycles. The Morgan fingerprint density at radius 2 is 2.33 bits per heavy atom. The molecule has 5 heteroatoms. The third-order valence-electron chi connectivity index (χ3n) is 3.29. The third kappa shape index (κ3) is 3.05. The van der Waals surface area contributed by atoms with Crippen molar-refractivity contribution in [3.8, 4) is 0 Å². The quantitative estimate of drug-likeness (QED) is 0.759. The van der Waals surface area contributed by atoms with E-state index in [0.29, 0.717) is 18.7 Å². The fourth-order valence-electron chi connectivity index (χ4n) is 1.95. The number of aromatic nitrogens is 1. The summed E-state index contributed by atoms with van der Waals surface area (Å²) in [5.41, 5.74) is 0.760. The maximum atomic E-state index is 11.2. The number of aliphatic hydroxyl groups is 1. The van der Waals surface area contributed by atoms with Crippen molar-refractivity contribution < 1.29 is 14.6 Å². The lowest BCUT2D eigenvalue weighted by atomic mass is 9.80. The molecule has 1 aromatic heterocycles. The molecule has 0 atom stereocenters. The highest BCUT2D eigenvalue weighted by atomic mass is 16.5. The van der Waals surface area contributed by atoms with Gasteiger partial charge in [-0.25, -0.2) is 4.79 Å². The second-order valence-electron chi connectivity index (χ2n) is 4.71. The van der Waals surface area contributed by atoms with Crippen molar-refractivity contribution in [2.75, 3.05) is 13.7 Å². The number of ether oxygens (including phenoxy) is 1. The molecule has 1 heterocycles. The van der Waals surface area contributed by atoms with Crippen LogP contribution in [-0.4, -0.2) is 35.3 Å². The van der Waals surface area contributed by atoms with Crippen LogP contribution in [0.3, 0.4) is 0 Å². The minimum absolute atomic E-state index is 0.384. The molecule has 2 rings (SSSR count). The molecule has 1 aromatic rings. The van der Waals surface area contributed by atoms with Gasteiger partial charge < -0.3 is 15.2 Å². The van der Waals surface area contributed by atoms with Gasteiger partial charge in [0.05, 0.1) is 24.0 Å². The first-order valence-corrected chi connectivity index (χ1v) is 6.09. The highest BCUT2D eigenvalue weighted by molar-refractivity contribution is 5.88. The number of pyridine rings is 1. The lowest BCUT2D eigenvalue weighted by molar-refractivity contribution is -0.0315. The van der Waals surface area contributed by atoms with E-state index in [4.69, 9.17) is 0 Å². The Morgan fingerprint density at radius 3 is 2.83 bits per heavy atom. The molecule has 1 fully saturated rings. The number of nitrogens with zero attached hydrogens (tertiary/aromatic N) is 1. The Kier molecular flexibility index (Phi) is 3.93. The Balaban J connectivity index is 1.81. The average Bonchev–Trinajstić information content (AvgIpc) is 2.36. The van der Waals surface area contributed by atoms with Crippen LogP contribution in [0, 0.1) is 0 Å². The summed E-state index contributed by atoms with van der Waals surface area (Å²) in [5.74, 6) is -0.384. The van der Waals surface area contributed by atoms with E-state index < -0.39 is 5.60 Å². The van der Waals surface area contributed by atoms with E-state index in [0.717, 1.165) is 25.0 Å². The fraction of sp³-hybridized carbons (Fsp3) is 0.538. The first-order chi connectivity index (χ1) is 8.63. The molecule has 0 spiro atoms. The van der Waals surface area contributed by atoms with Gasteiger partial charge in [-0.1, -0.05) is 0 Å². The molecule has 0 amide bonds. The van der Waals surface area contributed by atoms with Gasteiger partial charge in [-0.15, -0.1) is 0 Å². The lowest BCUT2D eigenvalue weighted by Crippen LogP contribution is -2.46. The predicted molar refractivity (Wildman–Crippen MR) is 66.1 cm³/mol. The van der Waals surface area contributed by atoms with E-state index in [1.54, 1.807) is 12.1 Å². The molecule has 0 unspecified atom stereocenters. The Labute approximate surface area is 106 Å². The van der Waals surface area contributed by atoms with Crippen LogP contribution < -0.4 is 5.32 Å². The van der Waals surface area contributed by atoms with E-state index in [1.165, 1.54) is 13.3 Å². The number of hydrogen-bond donors (Lipinski definition) is 2. The number of carbonyl (C=O) groups is 1. The van der Waals surface area contributed by atoms with Crippen molar-refractivity contribution in [1.29, 1.82) is 0 Å². The minimum atomic E-state index is -0.522. The zero-order valence-electron chi connectivity index (χ0n) is 10.5. The summed E-state index contributed by atoms with van der Waals surface area (Å²) in [6.45, 7) is 1.18. The zero-order valence-corrected chi connectivity index (χ0v) is 10.5. The molecule has 5 nitrogen and oxygen atoms in total. The summed E-state index contributed by atoms with van der Waals surface area (Å²) in [7, 11) is 1.34. The highest BCUT2D eigenvalue weighted by Crippen LogP contribution is 2.30. The van der Waals surface area contributed by atoms with E-state index in [2.05, 4.69) is 15.0 Å². The molecule has 0 aromatic carbocycles. The number of carbonyl (C=O) groups excluding carboxylic acids is 1. The van der Waals surface area contributed by atoms with Gasteiger partial charge >= 0.3 is 5.97 Å². The fourth-order valence-corrected chi connectivity index (χ4v) is 1.95. The van der Waals surface area contributed by atoms with Gasteiger partial charge in [-0.2, -0.15) is 0 Å². The lowest BCUT2D eigenvalue weighted by Gasteiger charge is -2.36. The Hall–Kier alpha value is -1.46. The summed E-state index contributed by atoms with van der Waals surface area (Å²) in [6, 6.07) is 3.47. The highest BCUT2D eigenvalue weighted by Gasteiger charge is 2.33. The molecule has 98 valence electrons. The molecular formula is C13H18N2O3. The van der Waals surface area contributed by atoms with Crippen molar-refractivity contribution in [3.05, 3.63) is 29.6 Å². The first-order valence-electron chi connectivity index (χ1n) is 6.09. The molecule has 0 radical (unpaired) electrons. The van der Waals surface area contributed by atoms with E-state index in [9.17, 15) is 9.90 Å². The van der Waals surface area contributed by atoms with Crippen molar-refractivity contribution in [2.24, 2.45) is 0 Å². The van der Waals surface area contributed by atoms with Crippen LogP contribution in [0.25, 0.3) is 0 Å². The predicted octanol–water partition coefficient (Wildman–Crippen LogP) is 0.873. The standard InChI is InChI=1S/C13H18N2O3/c1-18-12(16)10-3-4-11(15-7-10)8-14-9-13(17)5-2-6-13/h3-4,7,14,17H,2,5-6,8-9H2,1H3. The Bertz CT molecular complexity index is 413. The molecular weight excluding hydrogens is 232 g/mol. The number of nitrogens with one attached hydrogen (secondary N) is 1. The van der Waals surface area contributed by atoms with Crippen LogP contribution in [-0.2, 0) is 11.3 Å². The molecule has 0 bridgehead atoms. The van der Waals surface area contributed by atoms with Crippen LogP contribution in [0.4, 0.5) is 0 Å². The maximum Gasteiger partial charge on any atom is 0.339 e. The normalized spacial score (nSPS) is 17.0. The molecule has 1 aliphatic rings. The topological polar surface area (TPSA) is 71.5 Å². The summed E-state index contributed by atoms with van der Waals surface area (Å²) < 4.78 is 4.60. The van der Waals surface area contributed by atoms with E-state index in [1.807, 2.05) is 0 Å². The molecule has 0 aliphatic heterocycles. The van der Waals surface area contributed by atoms with Crippen molar-refractivity contribution in [3.63, 3.8) is 0 Å². The molecule has 18 heavy (non-hydrogen) atoms. The summed E-state index contributed by atoms with van der Waals surface area (Å²) >= 11 is 0. The van der Waals surface area contributed by atoms with Gasteiger partial charge in [0.15, 0.2) is 0 Å². The maximum absolute atomic E-state index is 11.2.